The van der Waals surface area contributed by atoms with Gasteiger partial charge in [-0.25, -0.2) is 4.79 Å². The van der Waals surface area contributed by atoms with Gasteiger partial charge in [-0.2, -0.15) is 0 Å². The molecule has 1 aromatic heterocycles. The predicted molar refractivity (Wildman–Crippen MR) is 56.9 cm³/mol. The van der Waals surface area contributed by atoms with Gasteiger partial charge in [0.1, 0.15) is 0 Å². The van der Waals surface area contributed by atoms with Crippen molar-refractivity contribution < 1.29 is 23.5 Å². The zero-order valence-electron chi connectivity index (χ0n) is 9.64. The van der Waals surface area contributed by atoms with Crippen molar-refractivity contribution in [1.82, 2.24) is 0 Å². The van der Waals surface area contributed by atoms with Crippen LogP contribution in [0.3, 0.4) is 0 Å². The average Bonchev–Trinajstić information content (AvgIpc) is 2.71. The third-order valence-electron chi connectivity index (χ3n) is 1.33. The van der Waals surface area contributed by atoms with Crippen molar-refractivity contribution >= 4 is 12.4 Å². The van der Waals surface area contributed by atoms with E-state index >= 15 is 0 Å². The first-order chi connectivity index (χ1) is 7.61. The summed E-state index contributed by atoms with van der Waals surface area (Å²) in [6.07, 6.45) is 1.47. The van der Waals surface area contributed by atoms with Crippen LogP contribution in [0.15, 0.2) is 22.8 Å². The Morgan fingerprint density at radius 2 is 2.25 bits per heavy atom. The second-order valence-corrected chi connectivity index (χ2v) is 2.98. The van der Waals surface area contributed by atoms with Crippen molar-refractivity contribution in [3.05, 3.63) is 24.2 Å². The lowest BCUT2D eigenvalue weighted by molar-refractivity contribution is -0.131. The average molecular weight is 228 g/mol. The molecule has 0 N–H and O–H groups in total. The maximum absolute atomic E-state index is 10.8. The van der Waals surface area contributed by atoms with Crippen LogP contribution in [0.1, 0.15) is 31.3 Å². The molecule has 1 rings (SSSR count). The highest BCUT2D eigenvalue weighted by atomic mass is 16.5. The summed E-state index contributed by atoms with van der Waals surface area (Å²) in [6, 6.07) is 3.21. The van der Waals surface area contributed by atoms with E-state index in [2.05, 4.69) is 9.47 Å². The highest BCUT2D eigenvalue weighted by molar-refractivity contribution is 5.86. The number of carbonyl (C=O) groups excluding carboxylic acids is 2. The first kappa shape index (κ1) is 14.2. The summed E-state index contributed by atoms with van der Waals surface area (Å²) in [5.41, 5.74) is 0. The van der Waals surface area contributed by atoms with Gasteiger partial charge in [-0.1, -0.05) is 0 Å². The fraction of sp³-hybridized carbons (Fsp3) is 0.455. The lowest BCUT2D eigenvalue weighted by Crippen LogP contribution is -2.02. The van der Waals surface area contributed by atoms with Crippen LogP contribution >= 0.6 is 0 Å². The van der Waals surface area contributed by atoms with E-state index in [1.165, 1.54) is 6.26 Å². The first-order valence-corrected chi connectivity index (χ1v) is 4.91. The minimum Gasteiger partial charge on any atom is -0.465 e. The number of ether oxygens (including phenoxy) is 2. The minimum atomic E-state index is -0.410. The number of hydrogen-bond donors (Lipinski definition) is 0. The number of esters is 1. The first-order valence-electron chi connectivity index (χ1n) is 4.91. The molecular formula is C11H16O5. The van der Waals surface area contributed by atoms with E-state index in [9.17, 15) is 9.59 Å². The lowest BCUT2D eigenvalue weighted by atomic mass is 10.5. The van der Waals surface area contributed by atoms with E-state index in [4.69, 9.17) is 4.42 Å². The number of furan rings is 1. The molecule has 90 valence electrons. The Morgan fingerprint density at radius 1 is 1.56 bits per heavy atom. The zero-order valence-corrected chi connectivity index (χ0v) is 9.64. The highest BCUT2D eigenvalue weighted by Gasteiger charge is 2.07. The number of hydrogen-bond acceptors (Lipinski definition) is 5. The maximum Gasteiger partial charge on any atom is 0.374 e. The minimum absolute atomic E-state index is 0.0301. The van der Waals surface area contributed by atoms with E-state index in [-0.39, 0.29) is 11.9 Å². The van der Waals surface area contributed by atoms with Gasteiger partial charge in [-0.05, 0) is 32.9 Å². The summed E-state index contributed by atoms with van der Waals surface area (Å²) < 4.78 is 13.8. The lowest BCUT2D eigenvalue weighted by Gasteiger charge is -1.96. The van der Waals surface area contributed by atoms with Gasteiger partial charge in [0, 0.05) is 0 Å². The SMILES string of the molecule is CC(C)OC=O.CCOC(=O)c1ccco1. The van der Waals surface area contributed by atoms with Crippen LogP contribution in [0.25, 0.3) is 0 Å². The summed E-state index contributed by atoms with van der Waals surface area (Å²) in [4.78, 5) is 20.2. The molecule has 5 heteroatoms. The summed E-state index contributed by atoms with van der Waals surface area (Å²) in [5.74, 6) is -0.158. The van der Waals surface area contributed by atoms with Crippen LogP contribution < -0.4 is 0 Å². The Bertz CT molecular complexity index is 289. The molecule has 0 aliphatic carbocycles. The smallest absolute Gasteiger partial charge is 0.374 e. The van der Waals surface area contributed by atoms with E-state index < -0.39 is 5.97 Å². The molecule has 0 fully saturated rings. The topological polar surface area (TPSA) is 65.7 Å². The molecule has 0 amide bonds. The van der Waals surface area contributed by atoms with Gasteiger partial charge in [0.25, 0.3) is 6.47 Å². The van der Waals surface area contributed by atoms with E-state index in [0.717, 1.165) is 0 Å². The number of carbonyl (C=O) groups is 2. The van der Waals surface area contributed by atoms with Crippen molar-refractivity contribution in [2.24, 2.45) is 0 Å². The second-order valence-electron chi connectivity index (χ2n) is 2.98. The largest absolute Gasteiger partial charge is 0.465 e. The van der Waals surface area contributed by atoms with Crippen molar-refractivity contribution in [2.75, 3.05) is 6.61 Å². The Hall–Kier alpha value is -1.78. The molecule has 0 saturated carbocycles. The van der Waals surface area contributed by atoms with Crippen molar-refractivity contribution in [2.45, 2.75) is 26.9 Å². The van der Waals surface area contributed by atoms with Crippen LogP contribution in [0.2, 0.25) is 0 Å². The standard InChI is InChI=1S/C7H8O3.C4H8O2/c1-2-9-7(8)6-4-3-5-10-6;1-4(2)6-3-5/h3-5H,2H2,1H3;3-4H,1-2H3. The van der Waals surface area contributed by atoms with Crippen molar-refractivity contribution in [1.29, 1.82) is 0 Å². The predicted octanol–water partition coefficient (Wildman–Crippen LogP) is 2.02. The Labute approximate surface area is 94.3 Å². The highest BCUT2D eigenvalue weighted by Crippen LogP contribution is 2.01. The summed E-state index contributed by atoms with van der Waals surface area (Å²) in [5, 5.41) is 0. The van der Waals surface area contributed by atoms with E-state index in [1.54, 1.807) is 32.9 Å². The van der Waals surface area contributed by atoms with Gasteiger partial charge < -0.3 is 13.9 Å². The van der Waals surface area contributed by atoms with Crippen LogP contribution in [0.4, 0.5) is 0 Å². The molecule has 0 aliphatic heterocycles. The van der Waals surface area contributed by atoms with Gasteiger partial charge in [0.05, 0.1) is 19.0 Å². The molecule has 0 radical (unpaired) electrons. The summed E-state index contributed by atoms with van der Waals surface area (Å²) in [7, 11) is 0. The Morgan fingerprint density at radius 3 is 2.56 bits per heavy atom. The monoisotopic (exact) mass is 228 g/mol. The van der Waals surface area contributed by atoms with Crippen molar-refractivity contribution in [3.63, 3.8) is 0 Å². The van der Waals surface area contributed by atoms with Crippen molar-refractivity contribution in [3.8, 4) is 0 Å². The molecule has 0 aromatic carbocycles. The van der Waals surface area contributed by atoms with E-state index in [0.29, 0.717) is 13.1 Å². The third-order valence-corrected chi connectivity index (χ3v) is 1.33. The van der Waals surface area contributed by atoms with E-state index in [1.807, 2.05) is 0 Å². The van der Waals surface area contributed by atoms with Crippen LogP contribution in [0.5, 0.6) is 0 Å². The second kappa shape index (κ2) is 8.52. The summed E-state index contributed by atoms with van der Waals surface area (Å²) in [6.45, 7) is 6.17. The molecule has 1 aromatic rings. The molecule has 0 atom stereocenters. The normalized spacial score (nSPS) is 9.00. The molecule has 1 heterocycles. The maximum atomic E-state index is 10.8. The molecule has 0 saturated heterocycles. The molecule has 5 nitrogen and oxygen atoms in total. The van der Waals surface area contributed by atoms with Gasteiger partial charge in [-0.15, -0.1) is 0 Å². The molecule has 16 heavy (non-hydrogen) atoms. The quantitative estimate of drug-likeness (QED) is 0.582. The van der Waals surface area contributed by atoms with Gasteiger partial charge in [0.2, 0.25) is 5.76 Å². The molecule has 0 spiro atoms. The molecule has 0 aliphatic rings. The van der Waals surface area contributed by atoms with Crippen LogP contribution in [-0.2, 0) is 14.3 Å². The zero-order chi connectivity index (χ0) is 12.4. The third kappa shape index (κ3) is 6.64. The molecule has 0 bridgehead atoms. The summed E-state index contributed by atoms with van der Waals surface area (Å²) >= 11 is 0. The fourth-order valence-corrected chi connectivity index (χ4v) is 0.708. The van der Waals surface area contributed by atoms with Crippen LogP contribution in [0, 0.1) is 0 Å². The molecule has 0 unspecified atom stereocenters. The number of rotatable bonds is 4. The van der Waals surface area contributed by atoms with Gasteiger partial charge >= 0.3 is 5.97 Å². The van der Waals surface area contributed by atoms with Gasteiger partial charge in [-0.3, -0.25) is 4.79 Å². The fourth-order valence-electron chi connectivity index (χ4n) is 0.708. The van der Waals surface area contributed by atoms with Gasteiger partial charge in [0.15, 0.2) is 0 Å². The molecular weight excluding hydrogens is 212 g/mol. The Kier molecular flexibility index (Phi) is 7.57. The van der Waals surface area contributed by atoms with Crippen LogP contribution in [-0.4, -0.2) is 25.2 Å². The Balaban J connectivity index is 0.000000325.